The Hall–Kier alpha value is -2.37. The molecule has 27 heavy (non-hydrogen) atoms. The van der Waals surface area contributed by atoms with Crippen LogP contribution in [0.25, 0.3) is 11.0 Å². The van der Waals surface area contributed by atoms with E-state index in [1.54, 1.807) is 6.07 Å². The molecule has 5 heteroatoms. The van der Waals surface area contributed by atoms with Crippen LogP contribution < -0.4 is 4.90 Å². The van der Waals surface area contributed by atoms with E-state index in [9.17, 15) is 0 Å². The van der Waals surface area contributed by atoms with Crippen molar-refractivity contribution in [2.24, 2.45) is 0 Å². The molecule has 0 saturated carbocycles. The van der Waals surface area contributed by atoms with Gasteiger partial charge in [0.2, 0.25) is 0 Å². The minimum Gasteiger partial charge on any atom is -0.460 e. The van der Waals surface area contributed by atoms with E-state index >= 15 is 4.39 Å². The van der Waals surface area contributed by atoms with Crippen LogP contribution in [0.2, 0.25) is 0 Å². The molecule has 0 bridgehead atoms. The van der Waals surface area contributed by atoms with Crippen molar-refractivity contribution < 1.29 is 13.5 Å². The van der Waals surface area contributed by atoms with E-state index in [0.29, 0.717) is 13.2 Å². The zero-order valence-electron chi connectivity index (χ0n) is 15.5. The van der Waals surface area contributed by atoms with Crippen molar-refractivity contribution in [1.82, 2.24) is 4.90 Å². The molecule has 2 aliphatic heterocycles. The second kappa shape index (κ2) is 6.66. The third kappa shape index (κ3) is 3.01. The highest BCUT2D eigenvalue weighted by atomic mass is 19.1. The molecule has 5 rings (SSSR count). The molecule has 4 nitrogen and oxygen atoms in total. The number of nitrogens with zero attached hydrogens (tertiary/aromatic N) is 2. The molecule has 0 aliphatic carbocycles. The van der Waals surface area contributed by atoms with Crippen LogP contribution in [0.5, 0.6) is 0 Å². The van der Waals surface area contributed by atoms with E-state index in [1.807, 2.05) is 24.3 Å². The number of ether oxygens (including phenoxy) is 1. The Kier molecular flexibility index (Phi) is 4.14. The van der Waals surface area contributed by atoms with E-state index in [0.717, 1.165) is 59.7 Å². The Morgan fingerprint density at radius 2 is 1.89 bits per heavy atom. The van der Waals surface area contributed by atoms with Crippen LogP contribution in [-0.4, -0.2) is 44.8 Å². The van der Waals surface area contributed by atoms with Crippen molar-refractivity contribution in [1.29, 1.82) is 0 Å². The minimum atomic E-state index is -0.132. The van der Waals surface area contributed by atoms with Crippen LogP contribution in [0.1, 0.15) is 22.8 Å². The van der Waals surface area contributed by atoms with E-state index in [-0.39, 0.29) is 11.7 Å². The number of fused-ring (bicyclic) bond motifs is 2. The molecule has 2 aromatic carbocycles. The van der Waals surface area contributed by atoms with Gasteiger partial charge in [-0.05, 0) is 36.9 Å². The molecule has 3 aromatic rings. The first kappa shape index (κ1) is 16.8. The summed E-state index contributed by atoms with van der Waals surface area (Å²) in [5, 5.41) is 1.06. The Morgan fingerprint density at radius 3 is 2.70 bits per heavy atom. The Bertz CT molecular complexity index is 945. The highest BCUT2D eigenvalue weighted by molar-refractivity contribution is 5.78. The van der Waals surface area contributed by atoms with Gasteiger partial charge in [-0.25, -0.2) is 4.39 Å². The van der Waals surface area contributed by atoms with Gasteiger partial charge in [-0.15, -0.1) is 0 Å². The average molecular weight is 366 g/mol. The van der Waals surface area contributed by atoms with Gasteiger partial charge in [-0.3, -0.25) is 0 Å². The van der Waals surface area contributed by atoms with Crippen molar-refractivity contribution in [2.75, 3.05) is 44.8 Å². The van der Waals surface area contributed by atoms with Gasteiger partial charge < -0.3 is 19.0 Å². The lowest BCUT2D eigenvalue weighted by Gasteiger charge is -2.34. The molecule has 2 aliphatic rings. The summed E-state index contributed by atoms with van der Waals surface area (Å²) in [5.74, 6) is 0.611. The van der Waals surface area contributed by atoms with Crippen LogP contribution >= 0.6 is 0 Å². The third-order valence-electron chi connectivity index (χ3n) is 5.65. The molecular weight excluding hydrogens is 343 g/mol. The molecule has 1 saturated heterocycles. The quantitative estimate of drug-likeness (QED) is 0.686. The van der Waals surface area contributed by atoms with E-state index in [2.05, 4.69) is 29.0 Å². The molecule has 1 atom stereocenters. The third-order valence-corrected chi connectivity index (χ3v) is 5.65. The first-order valence-corrected chi connectivity index (χ1v) is 9.51. The van der Waals surface area contributed by atoms with Crippen molar-refractivity contribution in [2.45, 2.75) is 12.5 Å². The molecule has 1 unspecified atom stereocenters. The summed E-state index contributed by atoms with van der Waals surface area (Å²) in [4.78, 5) is 4.44. The van der Waals surface area contributed by atoms with Gasteiger partial charge in [0.1, 0.15) is 17.2 Å². The number of morpholine rings is 1. The number of anilines is 1. The number of benzene rings is 2. The maximum Gasteiger partial charge on any atom is 0.134 e. The number of para-hydroxylation sites is 1. The standard InChI is InChI=1S/C22H23FN2O2/c1-24-13-16-10-17(25-6-8-26-9-7-25)12-19(23)22(16)18(14-24)21-11-15-4-2-3-5-20(15)27-21/h2-5,10-12,18H,6-9,13-14H2,1H3. The van der Waals surface area contributed by atoms with Gasteiger partial charge in [-0.1, -0.05) is 18.2 Å². The normalized spacial score (nSPS) is 20.8. The molecular formula is C22H23FN2O2. The van der Waals surface area contributed by atoms with E-state index in [4.69, 9.17) is 9.15 Å². The highest BCUT2D eigenvalue weighted by Crippen LogP contribution is 2.39. The van der Waals surface area contributed by atoms with Crippen molar-refractivity contribution in [3.63, 3.8) is 0 Å². The molecule has 1 aromatic heterocycles. The highest BCUT2D eigenvalue weighted by Gasteiger charge is 2.31. The maximum absolute atomic E-state index is 15.3. The zero-order chi connectivity index (χ0) is 18.4. The fourth-order valence-electron chi connectivity index (χ4n) is 4.35. The number of hydrogen-bond acceptors (Lipinski definition) is 4. The van der Waals surface area contributed by atoms with E-state index in [1.165, 1.54) is 0 Å². The Morgan fingerprint density at radius 1 is 1.07 bits per heavy atom. The topological polar surface area (TPSA) is 28.9 Å². The average Bonchev–Trinajstić information content (AvgIpc) is 3.12. The van der Waals surface area contributed by atoms with Crippen LogP contribution in [0.15, 0.2) is 46.9 Å². The predicted molar refractivity (Wildman–Crippen MR) is 104 cm³/mol. The monoisotopic (exact) mass is 366 g/mol. The number of furan rings is 1. The van der Waals surface area contributed by atoms with Gasteiger partial charge in [0, 0.05) is 42.8 Å². The zero-order valence-corrected chi connectivity index (χ0v) is 15.5. The van der Waals surface area contributed by atoms with Crippen molar-refractivity contribution in [3.8, 4) is 0 Å². The van der Waals surface area contributed by atoms with Gasteiger partial charge in [-0.2, -0.15) is 0 Å². The summed E-state index contributed by atoms with van der Waals surface area (Å²) in [6, 6.07) is 13.8. The first-order valence-electron chi connectivity index (χ1n) is 9.51. The number of halogens is 1. The Balaban J connectivity index is 1.58. The van der Waals surface area contributed by atoms with Crippen molar-refractivity contribution in [3.05, 3.63) is 65.2 Å². The molecule has 1 fully saturated rings. The van der Waals surface area contributed by atoms with Gasteiger partial charge in [0.05, 0.1) is 19.1 Å². The summed E-state index contributed by atoms with van der Waals surface area (Å²) in [6.07, 6.45) is 0. The van der Waals surface area contributed by atoms with Gasteiger partial charge in [0.15, 0.2) is 0 Å². The number of rotatable bonds is 2. The number of likely N-dealkylation sites (N-methyl/N-ethyl adjacent to an activating group) is 1. The van der Waals surface area contributed by atoms with Crippen LogP contribution in [-0.2, 0) is 11.3 Å². The molecule has 0 spiro atoms. The SMILES string of the molecule is CN1Cc2cc(N3CCOCC3)cc(F)c2C(c2cc3ccccc3o2)C1. The van der Waals surface area contributed by atoms with Crippen molar-refractivity contribution >= 4 is 16.7 Å². The minimum absolute atomic E-state index is 0.0927. The summed E-state index contributed by atoms with van der Waals surface area (Å²) in [6.45, 7) is 4.50. The molecule has 140 valence electrons. The largest absolute Gasteiger partial charge is 0.460 e. The lowest BCUT2D eigenvalue weighted by molar-refractivity contribution is 0.122. The van der Waals surface area contributed by atoms with Crippen LogP contribution in [0.4, 0.5) is 10.1 Å². The smallest absolute Gasteiger partial charge is 0.134 e. The lowest BCUT2D eigenvalue weighted by atomic mass is 9.87. The molecule has 0 radical (unpaired) electrons. The fraction of sp³-hybridized carbons (Fsp3) is 0.364. The molecule has 0 N–H and O–H groups in total. The van der Waals surface area contributed by atoms with Gasteiger partial charge in [0.25, 0.3) is 0 Å². The summed E-state index contributed by atoms with van der Waals surface area (Å²) in [5.41, 5.74) is 3.64. The maximum atomic E-state index is 15.3. The molecule has 3 heterocycles. The summed E-state index contributed by atoms with van der Waals surface area (Å²) in [7, 11) is 2.08. The number of hydrogen-bond donors (Lipinski definition) is 0. The second-order valence-corrected chi connectivity index (χ2v) is 7.54. The van der Waals surface area contributed by atoms with Gasteiger partial charge >= 0.3 is 0 Å². The van der Waals surface area contributed by atoms with Crippen LogP contribution in [0, 0.1) is 5.82 Å². The first-order chi connectivity index (χ1) is 13.2. The molecule has 0 amide bonds. The summed E-state index contributed by atoms with van der Waals surface area (Å²) >= 11 is 0. The lowest BCUT2D eigenvalue weighted by Crippen LogP contribution is -2.37. The Labute approximate surface area is 158 Å². The fourth-order valence-corrected chi connectivity index (χ4v) is 4.35. The predicted octanol–water partition coefficient (Wildman–Crippen LogP) is 3.99. The second-order valence-electron chi connectivity index (χ2n) is 7.54. The van der Waals surface area contributed by atoms with E-state index < -0.39 is 0 Å². The summed E-state index contributed by atoms with van der Waals surface area (Å²) < 4.78 is 26.8. The van der Waals surface area contributed by atoms with Crippen LogP contribution in [0.3, 0.4) is 0 Å².